The van der Waals surface area contributed by atoms with Gasteiger partial charge in [-0.2, -0.15) is 0 Å². The second-order valence-corrected chi connectivity index (χ2v) is 6.30. The minimum absolute atomic E-state index is 0.860. The lowest BCUT2D eigenvalue weighted by molar-refractivity contribution is 1.35. The standard InChI is InChI=1S/C19H15S2/c20-18-12-6-4-10-16(18)17-11-5-7-13-19(17)21-14-15-8-2-1-3-9-15/h1-11H,12,14H2. The molecule has 0 unspecified atom stereocenters. The third kappa shape index (κ3) is 3.52. The fourth-order valence-corrected chi connectivity index (χ4v) is 3.53. The van der Waals surface area contributed by atoms with Crippen molar-refractivity contribution < 1.29 is 0 Å². The van der Waals surface area contributed by atoms with Gasteiger partial charge in [0.25, 0.3) is 0 Å². The molecule has 0 nitrogen and oxygen atoms in total. The molecule has 0 aliphatic heterocycles. The van der Waals surface area contributed by atoms with E-state index >= 15 is 0 Å². The van der Waals surface area contributed by atoms with Gasteiger partial charge in [0.05, 0.1) is 0 Å². The highest BCUT2D eigenvalue weighted by Crippen LogP contribution is 2.32. The number of hydrogen-bond donors (Lipinski definition) is 0. The van der Waals surface area contributed by atoms with Gasteiger partial charge in [-0.15, -0.1) is 11.8 Å². The Hall–Kier alpha value is -1.64. The van der Waals surface area contributed by atoms with Crippen LogP contribution in [0.25, 0.3) is 5.57 Å². The average molecular weight is 307 g/mol. The van der Waals surface area contributed by atoms with E-state index in [1.807, 2.05) is 30.0 Å². The van der Waals surface area contributed by atoms with E-state index in [-0.39, 0.29) is 0 Å². The number of benzene rings is 2. The third-order valence-corrected chi connectivity index (χ3v) is 4.83. The van der Waals surface area contributed by atoms with E-state index in [0.29, 0.717) is 0 Å². The smallest absolute Gasteiger partial charge is 0.0268 e. The van der Waals surface area contributed by atoms with Crippen molar-refractivity contribution in [2.45, 2.75) is 17.1 Å². The van der Waals surface area contributed by atoms with E-state index in [4.69, 9.17) is 12.2 Å². The second-order valence-electron chi connectivity index (χ2n) is 4.82. The maximum Gasteiger partial charge on any atom is 0.0268 e. The van der Waals surface area contributed by atoms with Crippen LogP contribution in [0.1, 0.15) is 17.5 Å². The van der Waals surface area contributed by atoms with Crippen LogP contribution in [0.2, 0.25) is 0 Å². The Morgan fingerprint density at radius 3 is 2.76 bits per heavy atom. The summed E-state index contributed by atoms with van der Waals surface area (Å²) in [5.41, 5.74) is 3.69. The number of rotatable bonds is 4. The van der Waals surface area contributed by atoms with E-state index in [0.717, 1.165) is 17.0 Å². The zero-order valence-electron chi connectivity index (χ0n) is 11.6. The summed E-state index contributed by atoms with van der Waals surface area (Å²) in [5.74, 6) is 0.949. The Morgan fingerprint density at radius 1 is 1.10 bits per heavy atom. The van der Waals surface area contributed by atoms with Gasteiger partial charge in [-0.3, -0.25) is 0 Å². The second kappa shape index (κ2) is 6.88. The van der Waals surface area contributed by atoms with Crippen LogP contribution in [-0.4, -0.2) is 4.86 Å². The predicted octanol–water partition coefficient (Wildman–Crippen LogP) is 5.49. The van der Waals surface area contributed by atoms with Crippen LogP contribution in [0, 0.1) is 6.07 Å². The molecule has 0 fully saturated rings. The Balaban J connectivity index is 1.85. The summed E-state index contributed by atoms with van der Waals surface area (Å²) in [5, 5.41) is 0. The lowest BCUT2D eigenvalue weighted by atomic mass is 9.97. The molecular weight excluding hydrogens is 292 g/mol. The molecule has 0 bridgehead atoms. The summed E-state index contributed by atoms with van der Waals surface area (Å²) in [6, 6.07) is 20.0. The molecule has 0 saturated heterocycles. The summed E-state index contributed by atoms with van der Waals surface area (Å²) in [4.78, 5) is 2.18. The Bertz CT molecular complexity index is 697. The molecule has 0 aromatic heterocycles. The van der Waals surface area contributed by atoms with Crippen LogP contribution in [0.3, 0.4) is 0 Å². The minimum Gasteiger partial charge on any atom is -0.120 e. The van der Waals surface area contributed by atoms with Gasteiger partial charge in [0.15, 0.2) is 0 Å². The molecule has 1 aliphatic rings. The van der Waals surface area contributed by atoms with Crippen LogP contribution >= 0.6 is 24.0 Å². The number of allylic oxidation sites excluding steroid dienone is 4. The van der Waals surface area contributed by atoms with Gasteiger partial charge in [0.2, 0.25) is 0 Å². The normalized spacial score (nSPS) is 14.1. The highest BCUT2D eigenvalue weighted by atomic mass is 32.2. The van der Waals surface area contributed by atoms with Gasteiger partial charge in [-0.05, 0) is 22.8 Å². The van der Waals surface area contributed by atoms with Gasteiger partial charge >= 0.3 is 0 Å². The van der Waals surface area contributed by atoms with Crippen molar-refractivity contribution in [1.82, 2.24) is 0 Å². The summed E-state index contributed by atoms with van der Waals surface area (Å²) in [7, 11) is 0. The summed E-state index contributed by atoms with van der Waals surface area (Å²) < 4.78 is 0. The van der Waals surface area contributed by atoms with Gasteiger partial charge in [-0.25, -0.2) is 0 Å². The van der Waals surface area contributed by atoms with E-state index in [1.54, 1.807) is 0 Å². The van der Waals surface area contributed by atoms with Crippen molar-refractivity contribution in [3.63, 3.8) is 0 Å². The predicted molar refractivity (Wildman–Crippen MR) is 95.6 cm³/mol. The van der Waals surface area contributed by atoms with Gasteiger partial charge < -0.3 is 0 Å². The number of hydrogen-bond acceptors (Lipinski definition) is 2. The lowest BCUT2D eigenvalue weighted by Gasteiger charge is -2.14. The third-order valence-electron chi connectivity index (χ3n) is 3.34. The number of thioether (sulfide) groups is 1. The maximum absolute atomic E-state index is 5.50. The Kier molecular flexibility index (Phi) is 4.69. The first kappa shape index (κ1) is 14.3. The van der Waals surface area contributed by atoms with Crippen molar-refractivity contribution in [3.05, 3.63) is 84.0 Å². The van der Waals surface area contributed by atoms with Gasteiger partial charge in [-0.1, -0.05) is 79.0 Å². The van der Waals surface area contributed by atoms with E-state index < -0.39 is 0 Å². The molecule has 2 heteroatoms. The SMILES string of the molecule is S=C1CC=CC=C1c1ccc[c]c1SCc1ccccc1. The molecule has 0 saturated carbocycles. The first-order chi connectivity index (χ1) is 10.3. The van der Waals surface area contributed by atoms with Gasteiger partial charge in [0, 0.05) is 21.9 Å². The highest BCUT2D eigenvalue weighted by molar-refractivity contribution is 7.98. The van der Waals surface area contributed by atoms with Crippen LogP contribution in [0.4, 0.5) is 0 Å². The quantitative estimate of drug-likeness (QED) is 0.541. The monoisotopic (exact) mass is 307 g/mol. The summed E-state index contributed by atoms with van der Waals surface area (Å²) in [6.07, 6.45) is 7.17. The van der Waals surface area contributed by atoms with Crippen LogP contribution < -0.4 is 0 Å². The summed E-state index contributed by atoms with van der Waals surface area (Å²) >= 11 is 7.32. The molecule has 0 spiro atoms. The molecule has 21 heavy (non-hydrogen) atoms. The molecular formula is C19H15S2. The fraction of sp³-hybridized carbons (Fsp3) is 0.105. The Labute approximate surface area is 135 Å². The van der Waals surface area contributed by atoms with Crippen molar-refractivity contribution in [2.24, 2.45) is 0 Å². The number of thiocarbonyl (C=S) groups is 1. The van der Waals surface area contributed by atoms with Crippen molar-refractivity contribution in [3.8, 4) is 0 Å². The van der Waals surface area contributed by atoms with Crippen molar-refractivity contribution >= 4 is 34.4 Å². The van der Waals surface area contributed by atoms with Crippen LogP contribution in [-0.2, 0) is 5.75 Å². The summed E-state index contributed by atoms with van der Waals surface area (Å²) in [6.45, 7) is 0. The molecule has 3 rings (SSSR count). The van der Waals surface area contributed by atoms with E-state index in [1.165, 1.54) is 21.6 Å². The van der Waals surface area contributed by atoms with Crippen LogP contribution in [0.5, 0.6) is 0 Å². The minimum atomic E-state index is 0.860. The lowest BCUT2D eigenvalue weighted by Crippen LogP contribution is -2.02. The molecule has 2 aromatic rings. The first-order valence-corrected chi connectivity index (χ1v) is 8.32. The zero-order valence-corrected chi connectivity index (χ0v) is 13.2. The van der Waals surface area contributed by atoms with Crippen LogP contribution in [0.15, 0.2) is 71.7 Å². The highest BCUT2D eigenvalue weighted by Gasteiger charge is 2.13. The average Bonchev–Trinajstić information content (AvgIpc) is 2.55. The van der Waals surface area contributed by atoms with E-state index in [9.17, 15) is 0 Å². The molecule has 0 atom stereocenters. The molecule has 0 N–H and O–H groups in total. The molecule has 0 heterocycles. The van der Waals surface area contributed by atoms with Crippen molar-refractivity contribution in [2.75, 3.05) is 0 Å². The molecule has 0 amide bonds. The maximum atomic E-state index is 5.50. The van der Waals surface area contributed by atoms with Gasteiger partial charge in [0.1, 0.15) is 0 Å². The largest absolute Gasteiger partial charge is 0.120 e. The zero-order chi connectivity index (χ0) is 14.5. The fourth-order valence-electron chi connectivity index (χ4n) is 2.27. The molecule has 1 aliphatic carbocycles. The van der Waals surface area contributed by atoms with Crippen molar-refractivity contribution in [1.29, 1.82) is 0 Å². The molecule has 1 radical (unpaired) electrons. The first-order valence-electron chi connectivity index (χ1n) is 6.92. The molecule has 103 valence electrons. The Morgan fingerprint density at radius 2 is 1.95 bits per heavy atom. The molecule has 2 aromatic carbocycles. The van der Waals surface area contributed by atoms with E-state index in [2.05, 4.69) is 54.6 Å². The topological polar surface area (TPSA) is 0 Å².